The largest absolute Gasteiger partial charge is 0.394 e. The van der Waals surface area contributed by atoms with Gasteiger partial charge in [-0.25, -0.2) is 13.8 Å². The Hall–Kier alpha value is -3.97. The summed E-state index contributed by atoms with van der Waals surface area (Å²) in [6.45, 7) is 4.26. The number of fused-ring (bicyclic) bond motifs is 3. The first kappa shape index (κ1) is 39.8. The lowest BCUT2D eigenvalue weighted by atomic mass is 9.53. The summed E-state index contributed by atoms with van der Waals surface area (Å²) in [5.74, 6) is -4.07. The van der Waals surface area contributed by atoms with Gasteiger partial charge in [-0.15, -0.1) is 0 Å². The minimum Gasteiger partial charge on any atom is -0.394 e. The van der Waals surface area contributed by atoms with Crippen molar-refractivity contribution in [3.05, 3.63) is 129 Å². The Balaban J connectivity index is 1.47. The van der Waals surface area contributed by atoms with E-state index in [4.69, 9.17) is 27.9 Å². The van der Waals surface area contributed by atoms with Gasteiger partial charge in [0, 0.05) is 23.3 Å². The normalized spacial score (nSPS) is 27.5. The number of aliphatic hydroxyl groups excluding tert-OH is 2. The molecule has 2 spiro atoms. The summed E-state index contributed by atoms with van der Waals surface area (Å²) in [4.78, 5) is 37.2. The molecule has 1 aromatic heterocycles. The van der Waals surface area contributed by atoms with Crippen molar-refractivity contribution in [2.45, 2.75) is 99.6 Å². The standard InChI is InChI=1S/C44H46Cl2F2N4O5/c1-42(2)16-18-43(19-17-42)44(30-21-32(47)31(45)22-33(30)51-41(44)56)34(29-15-20-49-39(46)35(29)48)37(40(55)50-27-13-14-28(23-53)57-24-27)52(43)36(25-9-5-3-6-10-25)38(54)26-11-7-4-8-12-26/h3-12,15,20-22,27-28,34,36-38,53-54H,13-14,16-19,23-24H2,1-2H3,(H,50,55)(H,51,56)/t27-,28+,34+,36-,37-,38+,44?/m1/s1. The highest BCUT2D eigenvalue weighted by atomic mass is 35.5. The molecular formula is C44H46Cl2F2N4O5. The van der Waals surface area contributed by atoms with Gasteiger partial charge in [-0.05, 0) is 84.4 Å². The van der Waals surface area contributed by atoms with Gasteiger partial charge in [0.1, 0.15) is 11.2 Å². The lowest BCUT2D eigenvalue weighted by Crippen LogP contribution is -2.64. The van der Waals surface area contributed by atoms with E-state index in [9.17, 15) is 10.2 Å². The molecule has 0 bridgehead atoms. The Labute approximate surface area is 340 Å². The molecule has 4 aromatic rings. The van der Waals surface area contributed by atoms with Crippen LogP contribution in [0.25, 0.3) is 0 Å². The molecule has 13 heteroatoms. The minimum atomic E-state index is -1.83. The van der Waals surface area contributed by atoms with E-state index in [0.717, 1.165) is 0 Å². The Morgan fingerprint density at radius 2 is 1.67 bits per heavy atom. The topological polar surface area (TPSA) is 124 Å². The molecule has 1 unspecified atom stereocenters. The first-order chi connectivity index (χ1) is 27.3. The Bertz CT molecular complexity index is 2150. The monoisotopic (exact) mass is 818 g/mol. The number of likely N-dealkylation sites (tertiary alicyclic amines) is 1. The lowest BCUT2D eigenvalue weighted by Gasteiger charge is -2.56. The highest BCUT2D eigenvalue weighted by Crippen LogP contribution is 2.70. The van der Waals surface area contributed by atoms with Crippen molar-refractivity contribution < 1.29 is 33.3 Å². The number of anilines is 1. The van der Waals surface area contributed by atoms with Crippen molar-refractivity contribution in [3.63, 3.8) is 0 Å². The Morgan fingerprint density at radius 1 is 1.00 bits per heavy atom. The molecule has 2 amide bonds. The van der Waals surface area contributed by atoms with Crippen LogP contribution in [-0.2, 0) is 19.7 Å². The molecule has 4 aliphatic rings. The van der Waals surface area contributed by atoms with Gasteiger partial charge in [-0.3, -0.25) is 14.5 Å². The maximum absolute atomic E-state index is 17.0. The second-order valence-corrected chi connectivity index (χ2v) is 17.5. The molecule has 1 aliphatic carbocycles. The quantitative estimate of drug-likeness (QED) is 0.134. The van der Waals surface area contributed by atoms with Crippen LogP contribution in [0.4, 0.5) is 14.5 Å². The first-order valence-corrected chi connectivity index (χ1v) is 20.3. The number of amides is 2. The van der Waals surface area contributed by atoms with E-state index < -0.39 is 69.7 Å². The molecule has 300 valence electrons. The van der Waals surface area contributed by atoms with Gasteiger partial charge < -0.3 is 25.6 Å². The molecule has 3 fully saturated rings. The van der Waals surface area contributed by atoms with Crippen molar-refractivity contribution in [2.75, 3.05) is 18.5 Å². The number of nitrogens with zero attached hydrogens (tertiary/aromatic N) is 2. The SMILES string of the molecule is CC1(C)CCC2(CC1)N([C@H](c1ccccc1)[C@@H](O)c1ccccc1)[C@@H](C(=O)N[C@@H]1CC[C@@H](CO)OC1)[C@H](c1ccnc(Cl)c1F)C21C(=O)Nc2cc(Cl)c(F)cc21. The highest BCUT2D eigenvalue weighted by Gasteiger charge is 2.77. The van der Waals surface area contributed by atoms with Gasteiger partial charge in [0.25, 0.3) is 0 Å². The zero-order valence-electron chi connectivity index (χ0n) is 31.7. The number of halogens is 4. The third-order valence-corrected chi connectivity index (χ3v) is 13.7. The van der Waals surface area contributed by atoms with Gasteiger partial charge in [-0.1, -0.05) is 97.7 Å². The molecule has 9 nitrogen and oxygen atoms in total. The van der Waals surface area contributed by atoms with Crippen LogP contribution >= 0.6 is 23.2 Å². The van der Waals surface area contributed by atoms with Crippen LogP contribution in [0.5, 0.6) is 0 Å². The van der Waals surface area contributed by atoms with Crippen LogP contribution in [0.2, 0.25) is 10.2 Å². The molecule has 3 aliphatic heterocycles. The molecule has 0 radical (unpaired) electrons. The van der Waals surface area contributed by atoms with Gasteiger partial charge in [0.15, 0.2) is 11.0 Å². The van der Waals surface area contributed by atoms with Crippen LogP contribution in [-0.4, -0.2) is 68.9 Å². The molecule has 4 N–H and O–H groups in total. The third kappa shape index (κ3) is 6.55. The number of aromatic nitrogens is 1. The Morgan fingerprint density at radius 3 is 2.30 bits per heavy atom. The van der Waals surface area contributed by atoms with Crippen molar-refractivity contribution in [3.8, 4) is 0 Å². The van der Waals surface area contributed by atoms with Crippen LogP contribution < -0.4 is 10.6 Å². The fourth-order valence-corrected chi connectivity index (χ4v) is 10.7. The van der Waals surface area contributed by atoms with Crippen LogP contribution in [0.15, 0.2) is 85.1 Å². The zero-order chi connectivity index (χ0) is 40.3. The van der Waals surface area contributed by atoms with Crippen LogP contribution in [0.1, 0.15) is 92.7 Å². The van der Waals surface area contributed by atoms with E-state index in [-0.39, 0.29) is 46.6 Å². The maximum atomic E-state index is 17.0. The molecular weight excluding hydrogens is 773 g/mol. The number of hydrogen-bond acceptors (Lipinski definition) is 7. The van der Waals surface area contributed by atoms with Crippen molar-refractivity contribution in [2.24, 2.45) is 5.41 Å². The predicted octanol–water partition coefficient (Wildman–Crippen LogP) is 7.79. The molecule has 1 saturated carbocycles. The fraction of sp³-hybridized carbons (Fsp3) is 0.432. The van der Waals surface area contributed by atoms with Crippen LogP contribution in [0.3, 0.4) is 0 Å². The summed E-state index contributed by atoms with van der Waals surface area (Å²) in [7, 11) is 0. The van der Waals surface area contributed by atoms with Crippen molar-refractivity contribution in [1.29, 1.82) is 0 Å². The summed E-state index contributed by atoms with van der Waals surface area (Å²) >= 11 is 12.8. The summed E-state index contributed by atoms with van der Waals surface area (Å²) in [6.07, 6.45) is 2.53. The summed E-state index contributed by atoms with van der Waals surface area (Å²) in [5.41, 5.74) is -1.66. The number of pyridine rings is 1. The molecule has 3 aromatic carbocycles. The van der Waals surface area contributed by atoms with Gasteiger partial charge in [-0.2, -0.15) is 0 Å². The number of aliphatic hydroxyl groups is 2. The molecule has 4 heterocycles. The number of benzene rings is 3. The van der Waals surface area contributed by atoms with E-state index in [1.165, 1.54) is 24.4 Å². The number of ether oxygens (including phenoxy) is 1. The molecule has 2 saturated heterocycles. The lowest BCUT2D eigenvalue weighted by molar-refractivity contribution is -0.138. The van der Waals surface area contributed by atoms with E-state index >= 15 is 18.4 Å². The second-order valence-electron chi connectivity index (χ2n) is 16.7. The van der Waals surface area contributed by atoms with Gasteiger partial charge in [0.2, 0.25) is 11.8 Å². The van der Waals surface area contributed by atoms with Gasteiger partial charge >= 0.3 is 0 Å². The zero-order valence-corrected chi connectivity index (χ0v) is 33.2. The maximum Gasteiger partial charge on any atom is 0.238 e. The number of hydrogen-bond donors (Lipinski definition) is 4. The van der Waals surface area contributed by atoms with Crippen molar-refractivity contribution in [1.82, 2.24) is 15.2 Å². The summed E-state index contributed by atoms with van der Waals surface area (Å²) < 4.78 is 38.9. The highest BCUT2D eigenvalue weighted by molar-refractivity contribution is 6.31. The van der Waals surface area contributed by atoms with Crippen LogP contribution in [0, 0.1) is 17.0 Å². The number of carbonyl (C=O) groups excluding carboxylic acids is 2. The first-order valence-electron chi connectivity index (χ1n) is 19.5. The average Bonchev–Trinajstić information content (AvgIpc) is 3.63. The summed E-state index contributed by atoms with van der Waals surface area (Å²) in [5, 5.41) is 28.1. The number of rotatable bonds is 8. The van der Waals surface area contributed by atoms with E-state index in [1.54, 1.807) is 0 Å². The van der Waals surface area contributed by atoms with E-state index in [2.05, 4.69) is 29.5 Å². The summed E-state index contributed by atoms with van der Waals surface area (Å²) in [6, 6.07) is 19.7. The fourth-order valence-electron chi connectivity index (χ4n) is 10.4. The average molecular weight is 820 g/mol. The minimum absolute atomic E-state index is 0.0403. The molecule has 8 rings (SSSR count). The van der Waals surface area contributed by atoms with Crippen molar-refractivity contribution >= 4 is 40.7 Å². The predicted molar refractivity (Wildman–Crippen MR) is 213 cm³/mol. The number of carbonyl (C=O) groups is 2. The van der Waals surface area contributed by atoms with E-state index in [0.29, 0.717) is 49.7 Å². The molecule has 7 atom stereocenters. The second kappa shape index (κ2) is 15.3. The third-order valence-electron chi connectivity index (χ3n) is 13.1. The smallest absolute Gasteiger partial charge is 0.238 e. The molecule has 57 heavy (non-hydrogen) atoms. The Kier molecular flexibility index (Phi) is 10.7. The van der Waals surface area contributed by atoms with E-state index in [1.807, 2.05) is 65.6 Å². The number of nitrogens with one attached hydrogen (secondary N) is 2. The van der Waals surface area contributed by atoms with Gasteiger partial charge in [0.05, 0.1) is 48.6 Å².